The molecule has 2 aromatic rings. The highest BCUT2D eigenvalue weighted by Gasteiger charge is 2.47. The van der Waals surface area contributed by atoms with Gasteiger partial charge in [-0.15, -0.1) is 5.10 Å². The molecule has 6 atom stereocenters. The minimum atomic E-state index is -5.78. The average molecular weight is 565 g/mol. The van der Waals surface area contributed by atoms with Crippen molar-refractivity contribution >= 4 is 23.5 Å². The number of aliphatic hydroxyl groups is 2. The van der Waals surface area contributed by atoms with Crippen molar-refractivity contribution in [1.82, 2.24) is 25.0 Å². The van der Waals surface area contributed by atoms with E-state index < -0.39 is 65.7 Å². The molecule has 0 aromatic carbocycles. The number of H-pyrrole nitrogens is 2. The van der Waals surface area contributed by atoms with Gasteiger partial charge in [-0.3, -0.25) is 14.3 Å². The number of phosphoric acid groups is 3. The number of phosphoric ester groups is 1. The fourth-order valence-corrected chi connectivity index (χ4v) is 6.07. The summed E-state index contributed by atoms with van der Waals surface area (Å²) in [5, 5.41) is 27.9. The van der Waals surface area contributed by atoms with Crippen LogP contribution in [0.3, 0.4) is 0 Å². The first-order valence-electron chi connectivity index (χ1n) is 9.06. The maximum Gasteiger partial charge on any atom is 0.490 e. The lowest BCUT2D eigenvalue weighted by atomic mass is 10.0. The first-order chi connectivity index (χ1) is 16.1. The second-order valence-corrected chi connectivity index (χ2v) is 11.3. The van der Waals surface area contributed by atoms with Crippen LogP contribution in [0.25, 0.3) is 0 Å². The first-order valence-corrected chi connectivity index (χ1v) is 13.6. The zero-order valence-electron chi connectivity index (χ0n) is 16.9. The molecule has 0 amide bonds. The number of aromatic amines is 2. The summed E-state index contributed by atoms with van der Waals surface area (Å²) in [5.41, 5.74) is -2.29. The highest BCUT2D eigenvalue weighted by Crippen LogP contribution is 2.66. The lowest BCUT2D eigenvalue weighted by molar-refractivity contribution is -0.0230. The molecule has 8 N–H and O–H groups in total. The summed E-state index contributed by atoms with van der Waals surface area (Å²) in [5.74, 6) is 0. The van der Waals surface area contributed by atoms with Crippen LogP contribution in [-0.2, 0) is 38.1 Å². The number of ether oxygens (including phenoxy) is 1. The van der Waals surface area contributed by atoms with E-state index in [1.54, 1.807) is 0 Å². The van der Waals surface area contributed by atoms with Crippen molar-refractivity contribution in [3.05, 3.63) is 44.5 Å². The molecule has 1 saturated heterocycles. The van der Waals surface area contributed by atoms with Gasteiger partial charge < -0.3 is 39.5 Å². The van der Waals surface area contributed by atoms with Crippen LogP contribution in [-0.4, -0.2) is 79.7 Å². The second kappa shape index (κ2) is 10.2. The van der Waals surface area contributed by atoms with Gasteiger partial charge in [-0.05, 0) is 0 Å². The van der Waals surface area contributed by atoms with Gasteiger partial charge >= 0.3 is 29.2 Å². The zero-order valence-corrected chi connectivity index (χ0v) is 19.6. The van der Waals surface area contributed by atoms with E-state index in [1.807, 2.05) is 4.98 Å². The van der Waals surface area contributed by atoms with Crippen LogP contribution >= 0.6 is 23.5 Å². The van der Waals surface area contributed by atoms with Gasteiger partial charge in [-0.2, -0.15) is 8.62 Å². The van der Waals surface area contributed by atoms with Crippen molar-refractivity contribution in [1.29, 1.82) is 0 Å². The van der Waals surface area contributed by atoms with Crippen molar-refractivity contribution in [2.24, 2.45) is 0 Å². The fourth-order valence-electron chi connectivity index (χ4n) is 3.04. The maximum absolute atomic E-state index is 12.5. The van der Waals surface area contributed by atoms with Crippen LogP contribution < -0.4 is 11.2 Å². The predicted molar refractivity (Wildman–Crippen MR) is 106 cm³/mol. The van der Waals surface area contributed by atoms with Crippen molar-refractivity contribution in [3.63, 3.8) is 0 Å². The summed E-state index contributed by atoms with van der Waals surface area (Å²) in [4.78, 5) is 64.2. The summed E-state index contributed by atoms with van der Waals surface area (Å²) < 4.78 is 52.0. The van der Waals surface area contributed by atoms with E-state index in [9.17, 15) is 38.4 Å². The number of rotatable bonds is 10. The molecule has 20 nitrogen and oxygen atoms in total. The van der Waals surface area contributed by atoms with Gasteiger partial charge in [0.2, 0.25) is 0 Å². The molecular formula is C12H18N5O15P3. The van der Waals surface area contributed by atoms with E-state index in [2.05, 4.69) is 28.4 Å². The highest BCUT2D eigenvalue weighted by molar-refractivity contribution is 7.66. The summed E-state index contributed by atoms with van der Waals surface area (Å²) in [6, 6.07) is 0. The van der Waals surface area contributed by atoms with Crippen molar-refractivity contribution in [3.8, 4) is 0 Å². The van der Waals surface area contributed by atoms with Crippen molar-refractivity contribution in [2.75, 3.05) is 6.61 Å². The molecule has 0 radical (unpaired) electrons. The van der Waals surface area contributed by atoms with Crippen molar-refractivity contribution < 1.29 is 61.4 Å². The third-order valence-corrected chi connectivity index (χ3v) is 8.12. The molecule has 3 rings (SSSR count). The Hall–Kier alpha value is -1.89. The van der Waals surface area contributed by atoms with E-state index in [0.29, 0.717) is 0 Å². The SMILES string of the molecule is O=c1[nH]c(Cn2ccnn2)c([C@@H]2O[C@H](COP(=O)(O)OP(=O)(O)OP(=O)(O)O)C(O)[C@@H]2O)c(=O)[nH]1. The van der Waals surface area contributed by atoms with Crippen LogP contribution in [0.4, 0.5) is 0 Å². The third kappa shape index (κ3) is 7.31. The molecule has 0 bridgehead atoms. The molecule has 2 aromatic heterocycles. The van der Waals surface area contributed by atoms with E-state index in [-0.39, 0.29) is 17.8 Å². The number of aliphatic hydroxyl groups excluding tert-OH is 2. The fraction of sp³-hybridized carbons (Fsp3) is 0.500. The quantitative estimate of drug-likeness (QED) is 0.135. The molecule has 0 saturated carbocycles. The number of hydrogen-bond donors (Lipinski definition) is 8. The highest BCUT2D eigenvalue weighted by atomic mass is 31.3. The normalized spacial score (nSPS) is 26.3. The Morgan fingerprint density at radius 3 is 2.31 bits per heavy atom. The molecule has 1 aliphatic heterocycles. The lowest BCUT2D eigenvalue weighted by Crippen LogP contribution is -2.35. The van der Waals surface area contributed by atoms with Crippen LogP contribution in [0.5, 0.6) is 0 Å². The molecule has 1 aliphatic rings. The van der Waals surface area contributed by atoms with E-state index in [4.69, 9.17) is 19.4 Å². The van der Waals surface area contributed by atoms with E-state index in [1.165, 1.54) is 17.1 Å². The van der Waals surface area contributed by atoms with Crippen LogP contribution in [0.2, 0.25) is 0 Å². The molecule has 3 heterocycles. The molecule has 35 heavy (non-hydrogen) atoms. The lowest BCUT2D eigenvalue weighted by Gasteiger charge is -2.19. The topological polar surface area (TPSA) is 306 Å². The summed E-state index contributed by atoms with van der Waals surface area (Å²) in [6.45, 7) is -1.29. The van der Waals surface area contributed by atoms with Gasteiger partial charge in [0.05, 0.1) is 30.6 Å². The molecular weight excluding hydrogens is 547 g/mol. The van der Waals surface area contributed by atoms with Gasteiger partial charge in [0.25, 0.3) is 5.56 Å². The van der Waals surface area contributed by atoms with E-state index >= 15 is 0 Å². The van der Waals surface area contributed by atoms with Gasteiger partial charge in [0.1, 0.15) is 24.4 Å². The minimum Gasteiger partial charge on any atom is -0.387 e. The summed E-state index contributed by atoms with van der Waals surface area (Å²) in [6.07, 6.45) is -4.20. The first kappa shape index (κ1) is 27.7. The van der Waals surface area contributed by atoms with Crippen LogP contribution in [0.1, 0.15) is 17.4 Å². The largest absolute Gasteiger partial charge is 0.490 e. The number of hydrogen-bond acceptors (Lipinski definition) is 13. The Morgan fingerprint density at radius 1 is 1.03 bits per heavy atom. The average Bonchev–Trinajstić information content (AvgIpc) is 3.27. The number of nitrogens with zero attached hydrogens (tertiary/aromatic N) is 3. The van der Waals surface area contributed by atoms with Crippen LogP contribution in [0, 0.1) is 0 Å². The summed E-state index contributed by atoms with van der Waals surface area (Å²) >= 11 is 0. The predicted octanol–water partition coefficient (Wildman–Crippen LogP) is -2.79. The van der Waals surface area contributed by atoms with E-state index in [0.717, 1.165) is 0 Å². The Kier molecular flexibility index (Phi) is 8.10. The molecule has 1 fully saturated rings. The minimum absolute atomic E-state index is 0.0750. The smallest absolute Gasteiger partial charge is 0.387 e. The maximum atomic E-state index is 12.5. The van der Waals surface area contributed by atoms with Crippen molar-refractivity contribution in [2.45, 2.75) is 31.0 Å². The molecule has 3 unspecified atom stereocenters. The van der Waals surface area contributed by atoms with Gasteiger partial charge in [-0.1, -0.05) is 5.21 Å². The van der Waals surface area contributed by atoms with Gasteiger partial charge in [-0.25, -0.2) is 23.2 Å². The van der Waals surface area contributed by atoms with Gasteiger partial charge in [0.15, 0.2) is 0 Å². The molecule has 0 aliphatic carbocycles. The zero-order chi connectivity index (χ0) is 26.2. The second-order valence-electron chi connectivity index (χ2n) is 6.86. The number of aromatic nitrogens is 5. The Morgan fingerprint density at radius 2 is 1.71 bits per heavy atom. The Labute approximate surface area is 192 Å². The Balaban J connectivity index is 1.77. The Bertz CT molecular complexity index is 1300. The third-order valence-electron chi connectivity index (χ3n) is 4.32. The monoisotopic (exact) mass is 565 g/mol. The summed E-state index contributed by atoms with van der Waals surface area (Å²) in [7, 11) is -16.9. The standard InChI is InChI=1S/C12H18N5O15P3/c18-8-6(4-29-34(25,26)32-35(27,28)31-33(22,23)24)30-10(9(8)19)7-5(3-17-2-1-13-16-17)14-12(21)15-11(7)20/h1-2,6,8-10,18-19H,3-4H2,(H,25,26)(H,27,28)(H2,22,23,24)(H2,14,15,20,21)/t6-,8?,9+,10+/m1/s1. The molecule has 23 heteroatoms. The van der Waals surface area contributed by atoms with Crippen LogP contribution in [0.15, 0.2) is 22.0 Å². The number of nitrogens with one attached hydrogen (secondary N) is 2. The molecule has 0 spiro atoms. The molecule has 196 valence electrons. The van der Waals surface area contributed by atoms with Gasteiger partial charge in [0, 0.05) is 6.20 Å².